The molecular weight excluding hydrogens is 134 g/mol. The lowest BCUT2D eigenvalue weighted by Gasteiger charge is -2.08. The van der Waals surface area contributed by atoms with E-state index in [4.69, 9.17) is 0 Å². The Bertz CT molecular complexity index is 135. The zero-order valence-corrected chi connectivity index (χ0v) is 5.99. The van der Waals surface area contributed by atoms with Crippen LogP contribution in [0.5, 0.6) is 0 Å². The molecule has 0 unspecified atom stereocenters. The maximum atomic E-state index is 10.8. The Morgan fingerprint density at radius 3 is 3.11 bits per heavy atom. The Morgan fingerprint density at radius 1 is 1.89 bits per heavy atom. The monoisotopic (exact) mass is 143 g/mol. The standard InChI is InChI=1S/C6H9NOS/c1-2-4-7-6(8)3-5-9-7/h2H,1,3-5H2. The summed E-state index contributed by atoms with van der Waals surface area (Å²) in [7, 11) is 0. The predicted octanol–water partition coefficient (Wildman–Crippen LogP) is 1.05. The highest BCUT2D eigenvalue weighted by Gasteiger charge is 2.18. The molecule has 1 rings (SSSR count). The molecule has 0 saturated carbocycles. The van der Waals surface area contributed by atoms with Crippen molar-refractivity contribution in [2.24, 2.45) is 0 Å². The largest absolute Gasteiger partial charge is 0.283 e. The summed E-state index contributed by atoms with van der Waals surface area (Å²) in [4.78, 5) is 10.8. The van der Waals surface area contributed by atoms with Crippen molar-refractivity contribution >= 4 is 17.9 Å². The molecule has 1 fully saturated rings. The molecule has 1 heterocycles. The van der Waals surface area contributed by atoms with Crippen molar-refractivity contribution in [2.75, 3.05) is 12.3 Å². The quantitative estimate of drug-likeness (QED) is 0.425. The lowest BCUT2D eigenvalue weighted by molar-refractivity contribution is -0.124. The predicted molar refractivity (Wildman–Crippen MR) is 39.0 cm³/mol. The zero-order valence-electron chi connectivity index (χ0n) is 5.17. The average molecular weight is 143 g/mol. The number of carbonyl (C=O) groups excluding carboxylic acids is 1. The molecule has 9 heavy (non-hydrogen) atoms. The van der Waals surface area contributed by atoms with Gasteiger partial charge < -0.3 is 0 Å². The van der Waals surface area contributed by atoms with Crippen LogP contribution in [0, 0.1) is 0 Å². The third kappa shape index (κ3) is 1.48. The summed E-state index contributed by atoms with van der Waals surface area (Å²) >= 11 is 1.59. The van der Waals surface area contributed by atoms with Crippen LogP contribution in [0.1, 0.15) is 6.42 Å². The fraction of sp³-hybridized carbons (Fsp3) is 0.500. The summed E-state index contributed by atoms with van der Waals surface area (Å²) < 4.78 is 1.74. The molecule has 0 bridgehead atoms. The van der Waals surface area contributed by atoms with E-state index in [0.717, 1.165) is 5.75 Å². The molecule has 3 heteroatoms. The second-order valence-electron chi connectivity index (χ2n) is 1.83. The van der Waals surface area contributed by atoms with E-state index in [1.165, 1.54) is 0 Å². The fourth-order valence-corrected chi connectivity index (χ4v) is 1.64. The molecular formula is C6H9NOS. The number of amides is 1. The van der Waals surface area contributed by atoms with Crippen molar-refractivity contribution in [3.8, 4) is 0 Å². The second kappa shape index (κ2) is 2.92. The van der Waals surface area contributed by atoms with Crippen LogP contribution in [0.15, 0.2) is 12.7 Å². The minimum Gasteiger partial charge on any atom is -0.283 e. The van der Waals surface area contributed by atoms with Gasteiger partial charge in [-0.2, -0.15) is 0 Å². The second-order valence-corrected chi connectivity index (χ2v) is 2.93. The molecule has 0 aromatic heterocycles. The Labute approximate surface area is 59.0 Å². The molecule has 0 N–H and O–H groups in total. The highest BCUT2D eigenvalue weighted by Crippen LogP contribution is 2.20. The average Bonchev–Trinajstić information content (AvgIpc) is 2.18. The van der Waals surface area contributed by atoms with Gasteiger partial charge in [-0.05, 0) is 11.9 Å². The Balaban J connectivity index is 2.39. The van der Waals surface area contributed by atoms with Crippen LogP contribution in [0.3, 0.4) is 0 Å². The van der Waals surface area contributed by atoms with Crippen molar-refractivity contribution in [1.82, 2.24) is 4.31 Å². The van der Waals surface area contributed by atoms with Gasteiger partial charge in [0, 0.05) is 12.2 Å². The molecule has 0 radical (unpaired) electrons. The summed E-state index contributed by atoms with van der Waals surface area (Å²) in [5.41, 5.74) is 0. The summed E-state index contributed by atoms with van der Waals surface area (Å²) in [5.74, 6) is 1.17. The lowest BCUT2D eigenvalue weighted by Crippen LogP contribution is -2.17. The van der Waals surface area contributed by atoms with Crippen LogP contribution in [-0.4, -0.2) is 22.5 Å². The zero-order chi connectivity index (χ0) is 6.69. The van der Waals surface area contributed by atoms with Gasteiger partial charge in [0.2, 0.25) is 5.91 Å². The van der Waals surface area contributed by atoms with Crippen LogP contribution in [0.2, 0.25) is 0 Å². The highest BCUT2D eigenvalue weighted by atomic mass is 32.2. The third-order valence-corrected chi connectivity index (χ3v) is 2.19. The Morgan fingerprint density at radius 2 is 2.67 bits per heavy atom. The molecule has 50 valence electrons. The minimum atomic E-state index is 0.236. The van der Waals surface area contributed by atoms with Gasteiger partial charge in [-0.15, -0.1) is 6.58 Å². The number of rotatable bonds is 2. The van der Waals surface area contributed by atoms with Gasteiger partial charge in [-0.3, -0.25) is 9.10 Å². The molecule has 0 atom stereocenters. The van der Waals surface area contributed by atoms with Gasteiger partial charge in [-0.25, -0.2) is 0 Å². The number of hydrogen-bond donors (Lipinski definition) is 0. The van der Waals surface area contributed by atoms with Gasteiger partial charge in [0.25, 0.3) is 0 Å². The summed E-state index contributed by atoms with van der Waals surface area (Å²) in [6.45, 7) is 4.24. The van der Waals surface area contributed by atoms with Crippen molar-refractivity contribution in [1.29, 1.82) is 0 Å². The fourth-order valence-electron chi connectivity index (χ4n) is 0.712. The SMILES string of the molecule is C=CCN1SCCC1=O. The van der Waals surface area contributed by atoms with Crippen molar-refractivity contribution in [3.63, 3.8) is 0 Å². The first-order valence-corrected chi connectivity index (χ1v) is 3.83. The maximum Gasteiger partial charge on any atom is 0.233 e. The van der Waals surface area contributed by atoms with E-state index in [9.17, 15) is 4.79 Å². The van der Waals surface area contributed by atoms with Gasteiger partial charge in [0.15, 0.2) is 0 Å². The van der Waals surface area contributed by atoms with E-state index in [1.807, 2.05) is 0 Å². The number of hydrogen-bond acceptors (Lipinski definition) is 2. The number of carbonyl (C=O) groups is 1. The van der Waals surface area contributed by atoms with Gasteiger partial charge in [0.05, 0.1) is 6.54 Å². The summed E-state index contributed by atoms with van der Waals surface area (Å²) in [5, 5.41) is 0. The molecule has 0 aromatic rings. The smallest absolute Gasteiger partial charge is 0.233 e. The topological polar surface area (TPSA) is 20.3 Å². The minimum absolute atomic E-state index is 0.236. The number of nitrogens with zero attached hydrogens (tertiary/aromatic N) is 1. The van der Waals surface area contributed by atoms with Gasteiger partial charge in [0.1, 0.15) is 0 Å². The van der Waals surface area contributed by atoms with E-state index in [-0.39, 0.29) is 5.91 Å². The maximum absolute atomic E-state index is 10.8. The van der Waals surface area contributed by atoms with Crippen LogP contribution in [0.25, 0.3) is 0 Å². The summed E-state index contributed by atoms with van der Waals surface area (Å²) in [6, 6.07) is 0. The van der Waals surface area contributed by atoms with E-state index in [1.54, 1.807) is 22.3 Å². The Kier molecular flexibility index (Phi) is 2.16. The van der Waals surface area contributed by atoms with Crippen LogP contribution in [0.4, 0.5) is 0 Å². The Hall–Kier alpha value is -0.440. The normalized spacial score (nSPS) is 18.7. The molecule has 1 amide bonds. The van der Waals surface area contributed by atoms with Crippen LogP contribution < -0.4 is 0 Å². The van der Waals surface area contributed by atoms with Gasteiger partial charge >= 0.3 is 0 Å². The van der Waals surface area contributed by atoms with E-state index in [0.29, 0.717) is 13.0 Å². The molecule has 0 aliphatic carbocycles. The highest BCUT2D eigenvalue weighted by molar-refractivity contribution is 7.97. The van der Waals surface area contributed by atoms with E-state index in [2.05, 4.69) is 6.58 Å². The molecule has 1 aliphatic rings. The molecule has 0 aromatic carbocycles. The van der Waals surface area contributed by atoms with Crippen LogP contribution >= 0.6 is 11.9 Å². The van der Waals surface area contributed by atoms with Crippen molar-refractivity contribution in [3.05, 3.63) is 12.7 Å². The first kappa shape index (κ1) is 6.68. The molecule has 1 saturated heterocycles. The molecule has 1 aliphatic heterocycles. The third-order valence-electron chi connectivity index (χ3n) is 1.14. The lowest BCUT2D eigenvalue weighted by atomic mass is 10.4. The van der Waals surface area contributed by atoms with Crippen LogP contribution in [-0.2, 0) is 4.79 Å². The first-order valence-electron chi connectivity index (χ1n) is 2.89. The van der Waals surface area contributed by atoms with Gasteiger partial charge in [-0.1, -0.05) is 6.08 Å². The molecule has 2 nitrogen and oxygen atoms in total. The van der Waals surface area contributed by atoms with E-state index < -0.39 is 0 Å². The molecule has 0 spiro atoms. The summed E-state index contributed by atoms with van der Waals surface area (Å²) in [6.07, 6.45) is 2.44. The van der Waals surface area contributed by atoms with Crippen molar-refractivity contribution < 1.29 is 4.79 Å². The van der Waals surface area contributed by atoms with E-state index >= 15 is 0 Å². The van der Waals surface area contributed by atoms with Crippen molar-refractivity contribution in [2.45, 2.75) is 6.42 Å². The first-order chi connectivity index (χ1) is 4.34.